The van der Waals surface area contributed by atoms with Crippen LogP contribution in [-0.4, -0.2) is 40.8 Å². The number of rotatable bonds is 7. The fourth-order valence-corrected chi connectivity index (χ4v) is 5.00. The highest BCUT2D eigenvalue weighted by atomic mass is 16.3. The van der Waals surface area contributed by atoms with E-state index < -0.39 is 0 Å². The van der Waals surface area contributed by atoms with Crippen LogP contribution in [0.2, 0.25) is 0 Å². The first-order valence-corrected chi connectivity index (χ1v) is 11.7. The average Bonchev–Trinajstić information content (AvgIpc) is 3.41. The molecule has 8 nitrogen and oxygen atoms in total. The highest BCUT2D eigenvalue weighted by Gasteiger charge is 2.29. The zero-order chi connectivity index (χ0) is 22.1. The third-order valence-electron chi connectivity index (χ3n) is 6.82. The molecule has 2 N–H and O–H groups in total. The summed E-state index contributed by atoms with van der Waals surface area (Å²) in [6.45, 7) is 2.98. The van der Waals surface area contributed by atoms with Gasteiger partial charge in [-0.05, 0) is 49.3 Å². The molecule has 4 aromatic rings. The molecule has 1 fully saturated rings. The zero-order valence-corrected chi connectivity index (χ0v) is 18.8. The number of imidazole rings is 1. The molecule has 2 atom stereocenters. The number of anilines is 1. The van der Waals surface area contributed by atoms with Gasteiger partial charge in [-0.2, -0.15) is 14.6 Å². The molecule has 168 valence electrons. The monoisotopic (exact) mass is 433 g/mol. The van der Waals surface area contributed by atoms with E-state index in [4.69, 9.17) is 9.97 Å². The van der Waals surface area contributed by atoms with Crippen molar-refractivity contribution in [2.24, 2.45) is 13.0 Å². The Balaban J connectivity index is 1.48. The van der Waals surface area contributed by atoms with Gasteiger partial charge in [-0.1, -0.05) is 25.8 Å². The van der Waals surface area contributed by atoms with Crippen LogP contribution in [0.4, 0.5) is 5.95 Å². The number of hydrogen-bond acceptors (Lipinski definition) is 6. The number of aryl methyl sites for hydroxylation is 2. The van der Waals surface area contributed by atoms with Gasteiger partial charge in [-0.25, -0.2) is 9.97 Å². The van der Waals surface area contributed by atoms with Crippen molar-refractivity contribution in [3.8, 4) is 0 Å². The van der Waals surface area contributed by atoms with E-state index in [1.807, 2.05) is 28.7 Å². The summed E-state index contributed by atoms with van der Waals surface area (Å²) >= 11 is 0. The first-order chi connectivity index (χ1) is 15.7. The van der Waals surface area contributed by atoms with Gasteiger partial charge >= 0.3 is 0 Å². The summed E-state index contributed by atoms with van der Waals surface area (Å²) in [5.41, 5.74) is 5.26. The largest absolute Gasteiger partial charge is 0.396 e. The van der Waals surface area contributed by atoms with Gasteiger partial charge in [0.05, 0.1) is 23.6 Å². The summed E-state index contributed by atoms with van der Waals surface area (Å²) < 4.78 is 3.85. The van der Waals surface area contributed by atoms with Crippen molar-refractivity contribution in [1.82, 2.24) is 29.1 Å². The molecular formula is C24H31N7O. The number of benzene rings is 1. The minimum absolute atomic E-state index is 0.220. The van der Waals surface area contributed by atoms with Crippen molar-refractivity contribution < 1.29 is 5.11 Å². The summed E-state index contributed by atoms with van der Waals surface area (Å²) in [5.74, 6) is 2.32. The van der Waals surface area contributed by atoms with E-state index in [1.165, 1.54) is 12.8 Å². The molecule has 32 heavy (non-hydrogen) atoms. The molecule has 1 aliphatic carbocycles. The Labute approximate surface area is 187 Å². The van der Waals surface area contributed by atoms with Crippen LogP contribution in [0.25, 0.3) is 16.7 Å². The van der Waals surface area contributed by atoms with Crippen molar-refractivity contribution in [3.63, 3.8) is 0 Å². The number of aliphatic hydroxyl groups excluding tert-OH is 1. The summed E-state index contributed by atoms with van der Waals surface area (Å²) in [6, 6.07) is 6.33. The first-order valence-electron chi connectivity index (χ1n) is 11.7. The topological polar surface area (TPSA) is 93.2 Å². The van der Waals surface area contributed by atoms with Crippen molar-refractivity contribution in [2.45, 2.75) is 57.9 Å². The standard InChI is InChI=1S/C24H31N7O/c1-3-17-14-27-31-23(17)28-22(19-7-5-4-6-18(19)10-11-32)29-24(31)25-13-16-8-9-21-20(12-16)26-15-30(21)2/h8-9,12,14-15,18-19,32H,3-7,10-11,13H2,1-2H3,(H,25,28,29)/t18-,19?/m0/s1. The molecule has 8 heteroatoms. The maximum Gasteiger partial charge on any atom is 0.227 e. The Morgan fingerprint density at radius 1 is 1.19 bits per heavy atom. The molecule has 1 aromatic carbocycles. The maximum absolute atomic E-state index is 9.57. The van der Waals surface area contributed by atoms with Gasteiger partial charge in [0, 0.05) is 31.7 Å². The van der Waals surface area contributed by atoms with Crippen molar-refractivity contribution in [2.75, 3.05) is 11.9 Å². The zero-order valence-electron chi connectivity index (χ0n) is 18.8. The lowest BCUT2D eigenvalue weighted by Gasteiger charge is -2.30. The number of aliphatic hydroxyl groups is 1. The molecule has 3 aromatic heterocycles. The van der Waals surface area contributed by atoms with Crippen molar-refractivity contribution in [1.29, 1.82) is 0 Å². The van der Waals surface area contributed by atoms with Gasteiger partial charge in [0.1, 0.15) is 5.82 Å². The molecule has 0 saturated heterocycles. The Morgan fingerprint density at radius 3 is 2.91 bits per heavy atom. The third-order valence-corrected chi connectivity index (χ3v) is 6.82. The quantitative estimate of drug-likeness (QED) is 0.460. The summed E-state index contributed by atoms with van der Waals surface area (Å²) in [4.78, 5) is 14.4. The second kappa shape index (κ2) is 8.86. The van der Waals surface area contributed by atoms with Gasteiger partial charge < -0.3 is 15.0 Å². The molecule has 0 aliphatic heterocycles. The van der Waals surface area contributed by atoms with Crippen LogP contribution in [0.5, 0.6) is 0 Å². The molecule has 0 bridgehead atoms. The lowest BCUT2D eigenvalue weighted by atomic mass is 9.77. The molecule has 0 amide bonds. The van der Waals surface area contributed by atoms with Gasteiger partial charge in [-0.3, -0.25) is 0 Å². The first kappa shape index (κ1) is 20.9. The smallest absolute Gasteiger partial charge is 0.227 e. The summed E-state index contributed by atoms with van der Waals surface area (Å²) in [6.07, 6.45) is 10.0. The lowest BCUT2D eigenvalue weighted by molar-refractivity contribution is 0.208. The SMILES string of the molecule is CCc1cnn2c(NCc3ccc4c(c3)ncn4C)nc(C3CCCC[C@H]3CCO)nc12. The van der Waals surface area contributed by atoms with Crippen LogP contribution in [0.3, 0.4) is 0 Å². The Morgan fingerprint density at radius 2 is 2.06 bits per heavy atom. The van der Waals surface area contributed by atoms with Crippen LogP contribution < -0.4 is 5.32 Å². The molecule has 0 spiro atoms. The van der Waals surface area contributed by atoms with Crippen LogP contribution in [0.15, 0.2) is 30.7 Å². The minimum atomic E-state index is 0.220. The van der Waals surface area contributed by atoms with E-state index >= 15 is 0 Å². The average molecular weight is 434 g/mol. The molecule has 5 rings (SSSR count). The fraction of sp³-hybridized carbons (Fsp3) is 0.500. The van der Waals surface area contributed by atoms with E-state index in [0.717, 1.165) is 65.3 Å². The van der Waals surface area contributed by atoms with E-state index in [0.29, 0.717) is 12.5 Å². The highest BCUT2D eigenvalue weighted by Crippen LogP contribution is 2.38. The second-order valence-electron chi connectivity index (χ2n) is 8.86. The third kappa shape index (κ3) is 3.83. The van der Waals surface area contributed by atoms with Gasteiger partial charge in [0.2, 0.25) is 5.95 Å². The number of nitrogens with one attached hydrogen (secondary N) is 1. The van der Waals surface area contributed by atoms with Crippen LogP contribution in [0, 0.1) is 5.92 Å². The van der Waals surface area contributed by atoms with E-state index in [9.17, 15) is 5.11 Å². The van der Waals surface area contributed by atoms with Crippen LogP contribution >= 0.6 is 0 Å². The maximum atomic E-state index is 9.57. The summed E-state index contributed by atoms with van der Waals surface area (Å²) in [7, 11) is 2.00. The van der Waals surface area contributed by atoms with Crippen molar-refractivity contribution in [3.05, 3.63) is 47.7 Å². The minimum Gasteiger partial charge on any atom is -0.396 e. The number of aromatic nitrogens is 6. The number of hydrogen-bond donors (Lipinski definition) is 2. The molecule has 1 aliphatic rings. The lowest BCUT2D eigenvalue weighted by Crippen LogP contribution is -2.22. The molecular weight excluding hydrogens is 402 g/mol. The van der Waals surface area contributed by atoms with Gasteiger partial charge in [0.25, 0.3) is 0 Å². The Hall–Kier alpha value is -3.00. The fourth-order valence-electron chi connectivity index (χ4n) is 5.00. The van der Waals surface area contributed by atoms with E-state index in [-0.39, 0.29) is 12.5 Å². The van der Waals surface area contributed by atoms with Crippen LogP contribution in [0.1, 0.15) is 61.9 Å². The van der Waals surface area contributed by atoms with Gasteiger partial charge in [-0.15, -0.1) is 0 Å². The second-order valence-corrected chi connectivity index (χ2v) is 8.86. The normalized spacial score (nSPS) is 19.1. The van der Waals surface area contributed by atoms with Crippen LogP contribution in [-0.2, 0) is 20.0 Å². The Bertz CT molecular complexity index is 1230. The Kier molecular flexibility index (Phi) is 5.78. The summed E-state index contributed by atoms with van der Waals surface area (Å²) in [5, 5.41) is 17.6. The molecule has 1 saturated carbocycles. The predicted molar refractivity (Wildman–Crippen MR) is 125 cm³/mol. The van der Waals surface area contributed by atoms with Gasteiger partial charge in [0.15, 0.2) is 5.65 Å². The molecule has 0 radical (unpaired) electrons. The van der Waals surface area contributed by atoms with Crippen molar-refractivity contribution >= 4 is 22.6 Å². The highest BCUT2D eigenvalue weighted by molar-refractivity contribution is 5.76. The molecule has 3 heterocycles. The number of nitrogens with zero attached hydrogens (tertiary/aromatic N) is 6. The molecule has 1 unspecified atom stereocenters. The van der Waals surface area contributed by atoms with E-state index in [2.05, 4.69) is 40.5 Å². The van der Waals surface area contributed by atoms with E-state index in [1.54, 1.807) is 0 Å². The number of fused-ring (bicyclic) bond motifs is 2. The predicted octanol–water partition coefficient (Wildman–Crippen LogP) is 3.84.